The second-order valence-electron chi connectivity index (χ2n) is 4.80. The highest BCUT2D eigenvalue weighted by molar-refractivity contribution is 5.88. The third kappa shape index (κ3) is 2.66. The van der Waals surface area contributed by atoms with Crippen LogP contribution >= 0.6 is 0 Å². The zero-order valence-corrected chi connectivity index (χ0v) is 12.0. The number of likely N-dealkylation sites (N-methyl/N-ethyl adjacent to an activating group) is 1. The molecule has 1 rings (SSSR count). The summed E-state index contributed by atoms with van der Waals surface area (Å²) in [6.45, 7) is 9.36. The average molecular weight is 249 g/mol. The van der Waals surface area contributed by atoms with Crippen molar-refractivity contribution in [2.24, 2.45) is 0 Å². The van der Waals surface area contributed by atoms with Gasteiger partial charge in [0.1, 0.15) is 5.75 Å². The number of carbonyl (C=O) groups is 1. The van der Waals surface area contributed by atoms with Crippen molar-refractivity contribution in [3.05, 3.63) is 29.8 Å². The van der Waals surface area contributed by atoms with Gasteiger partial charge in [-0.15, -0.1) is 0 Å². The lowest BCUT2D eigenvalue weighted by molar-refractivity contribution is -0.135. The van der Waals surface area contributed by atoms with Gasteiger partial charge >= 0.3 is 0 Å². The molecule has 0 saturated carbocycles. The minimum Gasteiger partial charge on any atom is -0.496 e. The Hall–Kier alpha value is -1.51. The minimum atomic E-state index is -0.571. The first-order valence-corrected chi connectivity index (χ1v) is 6.41. The molecule has 0 spiro atoms. The van der Waals surface area contributed by atoms with E-state index in [1.54, 1.807) is 7.11 Å². The standard InChI is InChI=1S/C15H23NO2/c1-6-16(7-2)14(17)15(3,4)12-10-8-9-11-13(12)18-5/h8-11H,6-7H2,1-5H3. The summed E-state index contributed by atoms with van der Waals surface area (Å²) in [6.07, 6.45) is 0. The predicted molar refractivity (Wildman–Crippen MR) is 73.9 cm³/mol. The highest BCUT2D eigenvalue weighted by Crippen LogP contribution is 2.32. The topological polar surface area (TPSA) is 29.5 Å². The quantitative estimate of drug-likeness (QED) is 0.803. The van der Waals surface area contributed by atoms with Gasteiger partial charge in [0.05, 0.1) is 12.5 Å². The number of methoxy groups -OCH3 is 1. The number of carbonyl (C=O) groups excluding carboxylic acids is 1. The predicted octanol–water partition coefficient (Wildman–Crippen LogP) is 2.84. The second-order valence-corrected chi connectivity index (χ2v) is 4.80. The molecular weight excluding hydrogens is 226 g/mol. The van der Waals surface area contributed by atoms with E-state index in [1.807, 2.05) is 56.9 Å². The molecule has 0 aliphatic heterocycles. The zero-order chi connectivity index (χ0) is 13.8. The van der Waals surface area contributed by atoms with Crippen LogP contribution in [0.4, 0.5) is 0 Å². The third-order valence-corrected chi connectivity index (χ3v) is 3.37. The lowest BCUT2D eigenvalue weighted by Gasteiger charge is -2.31. The van der Waals surface area contributed by atoms with Crippen molar-refractivity contribution < 1.29 is 9.53 Å². The van der Waals surface area contributed by atoms with E-state index in [1.165, 1.54) is 0 Å². The van der Waals surface area contributed by atoms with Crippen LogP contribution in [0, 0.1) is 0 Å². The summed E-state index contributed by atoms with van der Waals surface area (Å²) in [7, 11) is 1.64. The summed E-state index contributed by atoms with van der Waals surface area (Å²) >= 11 is 0. The number of hydrogen-bond acceptors (Lipinski definition) is 2. The molecule has 0 bridgehead atoms. The Balaban J connectivity index is 3.15. The molecule has 0 N–H and O–H groups in total. The van der Waals surface area contributed by atoms with E-state index in [9.17, 15) is 4.79 Å². The first-order valence-electron chi connectivity index (χ1n) is 6.41. The Bertz CT molecular complexity index is 409. The minimum absolute atomic E-state index is 0.136. The van der Waals surface area contributed by atoms with Crippen molar-refractivity contribution in [3.8, 4) is 5.75 Å². The number of rotatable bonds is 5. The molecule has 100 valence electrons. The van der Waals surface area contributed by atoms with Crippen LogP contribution < -0.4 is 4.74 Å². The number of amides is 1. The van der Waals surface area contributed by atoms with Gasteiger partial charge in [0, 0.05) is 18.7 Å². The number of hydrogen-bond donors (Lipinski definition) is 0. The van der Waals surface area contributed by atoms with Crippen LogP contribution in [0.2, 0.25) is 0 Å². The van der Waals surface area contributed by atoms with Crippen molar-refractivity contribution in [2.45, 2.75) is 33.1 Å². The van der Waals surface area contributed by atoms with Gasteiger partial charge in [0.2, 0.25) is 5.91 Å². The van der Waals surface area contributed by atoms with E-state index in [4.69, 9.17) is 4.74 Å². The lowest BCUT2D eigenvalue weighted by Crippen LogP contribution is -2.43. The molecule has 0 unspecified atom stereocenters. The summed E-state index contributed by atoms with van der Waals surface area (Å²) in [5, 5.41) is 0. The number of benzene rings is 1. The highest BCUT2D eigenvalue weighted by atomic mass is 16.5. The van der Waals surface area contributed by atoms with Gasteiger partial charge < -0.3 is 9.64 Å². The number of ether oxygens (including phenoxy) is 1. The van der Waals surface area contributed by atoms with Crippen LogP contribution in [-0.4, -0.2) is 31.0 Å². The zero-order valence-electron chi connectivity index (χ0n) is 12.0. The second kappa shape index (κ2) is 5.89. The van der Waals surface area contributed by atoms with Crippen LogP contribution in [0.15, 0.2) is 24.3 Å². The fourth-order valence-corrected chi connectivity index (χ4v) is 2.18. The van der Waals surface area contributed by atoms with E-state index >= 15 is 0 Å². The average Bonchev–Trinajstić information content (AvgIpc) is 2.39. The van der Waals surface area contributed by atoms with E-state index < -0.39 is 5.41 Å². The van der Waals surface area contributed by atoms with Gasteiger partial charge in [-0.25, -0.2) is 0 Å². The van der Waals surface area contributed by atoms with E-state index in [-0.39, 0.29) is 5.91 Å². The molecule has 0 heterocycles. The highest BCUT2D eigenvalue weighted by Gasteiger charge is 2.34. The Morgan fingerprint density at radius 3 is 2.28 bits per heavy atom. The van der Waals surface area contributed by atoms with E-state index in [0.29, 0.717) is 0 Å². The number of nitrogens with zero attached hydrogens (tertiary/aromatic N) is 1. The molecule has 0 aliphatic rings. The summed E-state index contributed by atoms with van der Waals surface area (Å²) in [6, 6.07) is 7.71. The Kier molecular flexibility index (Phi) is 4.76. The molecule has 0 saturated heterocycles. The molecule has 0 aromatic heterocycles. The summed E-state index contributed by atoms with van der Waals surface area (Å²) < 4.78 is 5.36. The van der Waals surface area contributed by atoms with Crippen molar-refractivity contribution in [3.63, 3.8) is 0 Å². The summed E-state index contributed by atoms with van der Waals surface area (Å²) in [5.41, 5.74) is 0.364. The summed E-state index contributed by atoms with van der Waals surface area (Å²) in [5.74, 6) is 0.903. The first-order chi connectivity index (χ1) is 8.48. The Morgan fingerprint density at radius 2 is 1.78 bits per heavy atom. The fourth-order valence-electron chi connectivity index (χ4n) is 2.18. The number of para-hydroxylation sites is 1. The van der Waals surface area contributed by atoms with Gasteiger partial charge in [-0.05, 0) is 33.8 Å². The molecule has 18 heavy (non-hydrogen) atoms. The molecule has 1 aromatic rings. The molecular formula is C15H23NO2. The van der Waals surface area contributed by atoms with Crippen molar-refractivity contribution in [1.29, 1.82) is 0 Å². The molecule has 0 atom stereocenters. The van der Waals surface area contributed by atoms with Gasteiger partial charge in [-0.1, -0.05) is 18.2 Å². The molecule has 0 aliphatic carbocycles. The molecule has 1 amide bonds. The van der Waals surface area contributed by atoms with Crippen LogP contribution in [0.1, 0.15) is 33.3 Å². The maximum atomic E-state index is 12.6. The molecule has 0 radical (unpaired) electrons. The smallest absolute Gasteiger partial charge is 0.232 e. The molecule has 1 aromatic carbocycles. The van der Waals surface area contributed by atoms with Crippen molar-refractivity contribution in [1.82, 2.24) is 4.90 Å². The maximum Gasteiger partial charge on any atom is 0.232 e. The maximum absolute atomic E-state index is 12.6. The van der Waals surface area contributed by atoms with E-state index in [2.05, 4.69) is 0 Å². The van der Waals surface area contributed by atoms with Gasteiger partial charge in [-0.2, -0.15) is 0 Å². The van der Waals surface area contributed by atoms with Gasteiger partial charge in [0.15, 0.2) is 0 Å². The fraction of sp³-hybridized carbons (Fsp3) is 0.533. The van der Waals surface area contributed by atoms with Crippen LogP contribution in [0.3, 0.4) is 0 Å². The Labute approximate surface area is 110 Å². The van der Waals surface area contributed by atoms with Crippen molar-refractivity contribution >= 4 is 5.91 Å². The third-order valence-electron chi connectivity index (χ3n) is 3.37. The molecule has 0 fully saturated rings. The SMILES string of the molecule is CCN(CC)C(=O)C(C)(C)c1ccccc1OC. The van der Waals surface area contributed by atoms with E-state index in [0.717, 1.165) is 24.4 Å². The monoisotopic (exact) mass is 249 g/mol. The Morgan fingerprint density at radius 1 is 1.22 bits per heavy atom. The van der Waals surface area contributed by atoms with Crippen molar-refractivity contribution in [2.75, 3.05) is 20.2 Å². The molecule has 3 heteroatoms. The normalized spacial score (nSPS) is 11.2. The van der Waals surface area contributed by atoms with Gasteiger partial charge in [0.25, 0.3) is 0 Å². The van der Waals surface area contributed by atoms with Gasteiger partial charge in [-0.3, -0.25) is 4.79 Å². The van der Waals surface area contributed by atoms with Crippen LogP contribution in [-0.2, 0) is 10.2 Å². The first kappa shape index (κ1) is 14.6. The molecule has 3 nitrogen and oxygen atoms in total. The summed E-state index contributed by atoms with van der Waals surface area (Å²) in [4.78, 5) is 14.4. The van der Waals surface area contributed by atoms with Crippen LogP contribution in [0.5, 0.6) is 5.75 Å². The van der Waals surface area contributed by atoms with Crippen LogP contribution in [0.25, 0.3) is 0 Å². The lowest BCUT2D eigenvalue weighted by atomic mass is 9.82. The largest absolute Gasteiger partial charge is 0.496 e.